The van der Waals surface area contributed by atoms with Crippen LogP contribution < -0.4 is 11.0 Å². The second-order valence-corrected chi connectivity index (χ2v) is 9.71. The molecule has 0 atom stereocenters. The first-order chi connectivity index (χ1) is 15.5. The summed E-state index contributed by atoms with van der Waals surface area (Å²) in [6, 6.07) is 4.91. The molecule has 0 bridgehead atoms. The van der Waals surface area contributed by atoms with Crippen molar-refractivity contribution in [3.63, 3.8) is 0 Å². The summed E-state index contributed by atoms with van der Waals surface area (Å²) in [7, 11) is 0. The molecule has 0 radical (unpaired) electrons. The lowest BCUT2D eigenvalue weighted by molar-refractivity contribution is -0.113. The molecule has 172 valence electrons. The highest BCUT2D eigenvalue weighted by molar-refractivity contribution is 8.00. The van der Waals surface area contributed by atoms with Gasteiger partial charge in [0.15, 0.2) is 0 Å². The number of amides is 1. The average Bonchev–Trinajstić information content (AvgIpc) is 3.27. The van der Waals surface area contributed by atoms with E-state index in [4.69, 9.17) is 27.9 Å². The van der Waals surface area contributed by atoms with Gasteiger partial charge in [-0.15, -0.1) is 0 Å². The largest absolute Gasteiger partial charge is 0.379 e. The molecule has 2 aliphatic rings. The van der Waals surface area contributed by atoms with Crippen molar-refractivity contribution in [3.05, 3.63) is 50.0 Å². The maximum Gasteiger partial charge on any atom is 0.348 e. The monoisotopic (exact) mass is 496 g/mol. The van der Waals surface area contributed by atoms with E-state index in [9.17, 15) is 9.59 Å². The average molecular weight is 497 g/mol. The normalized spacial score (nSPS) is 16.2. The number of carbonyl (C=O) groups is 1. The third-order valence-electron chi connectivity index (χ3n) is 5.70. The first-order valence-corrected chi connectivity index (χ1v) is 12.6. The van der Waals surface area contributed by atoms with Crippen LogP contribution in [0.15, 0.2) is 28.0 Å². The lowest BCUT2D eigenvalue weighted by atomic mass is 10.2. The molecule has 10 heteroatoms. The highest BCUT2D eigenvalue weighted by atomic mass is 35.5. The zero-order chi connectivity index (χ0) is 22.5. The van der Waals surface area contributed by atoms with E-state index in [0.29, 0.717) is 27.3 Å². The van der Waals surface area contributed by atoms with Crippen LogP contribution in [-0.2, 0) is 28.9 Å². The summed E-state index contributed by atoms with van der Waals surface area (Å²) in [6.07, 6.45) is 3.67. The lowest BCUT2D eigenvalue weighted by Gasteiger charge is -2.26. The number of carbonyl (C=O) groups excluding carboxylic acids is 1. The Morgan fingerprint density at radius 2 is 2.00 bits per heavy atom. The van der Waals surface area contributed by atoms with Gasteiger partial charge >= 0.3 is 5.69 Å². The van der Waals surface area contributed by atoms with Crippen molar-refractivity contribution in [2.45, 2.75) is 37.3 Å². The van der Waals surface area contributed by atoms with Crippen molar-refractivity contribution in [2.75, 3.05) is 43.9 Å². The van der Waals surface area contributed by atoms with Crippen LogP contribution in [0.1, 0.15) is 24.1 Å². The Morgan fingerprint density at radius 1 is 1.19 bits per heavy atom. The molecule has 0 saturated carbocycles. The Hall–Kier alpha value is -1.58. The van der Waals surface area contributed by atoms with Gasteiger partial charge in [0, 0.05) is 42.5 Å². The van der Waals surface area contributed by atoms with E-state index >= 15 is 0 Å². The molecule has 1 aliphatic carbocycles. The number of thioether (sulfide) groups is 1. The van der Waals surface area contributed by atoms with Crippen LogP contribution in [0.2, 0.25) is 10.0 Å². The number of ether oxygens (including phenoxy) is 1. The van der Waals surface area contributed by atoms with Gasteiger partial charge in [-0.05, 0) is 43.9 Å². The molecule has 1 saturated heterocycles. The van der Waals surface area contributed by atoms with Gasteiger partial charge in [-0.25, -0.2) is 4.79 Å². The van der Waals surface area contributed by atoms with Crippen molar-refractivity contribution in [1.82, 2.24) is 14.5 Å². The molecule has 0 unspecified atom stereocenters. The minimum Gasteiger partial charge on any atom is -0.379 e. The van der Waals surface area contributed by atoms with E-state index in [1.165, 1.54) is 11.8 Å². The summed E-state index contributed by atoms with van der Waals surface area (Å²) in [4.78, 5) is 31.9. The first-order valence-electron chi connectivity index (χ1n) is 10.8. The lowest BCUT2D eigenvalue weighted by Crippen LogP contribution is -2.37. The molecular formula is C22H26Cl2N4O3S. The number of rotatable bonds is 8. The Balaban J connectivity index is 1.38. The number of hydrogen-bond acceptors (Lipinski definition) is 6. The number of anilines is 1. The van der Waals surface area contributed by atoms with Crippen molar-refractivity contribution >= 4 is 46.6 Å². The van der Waals surface area contributed by atoms with Crippen LogP contribution in [0.4, 0.5) is 5.69 Å². The van der Waals surface area contributed by atoms with Crippen LogP contribution in [-0.4, -0.2) is 59.0 Å². The molecule has 1 amide bonds. The molecule has 4 rings (SSSR count). The quantitative estimate of drug-likeness (QED) is 0.445. The van der Waals surface area contributed by atoms with Gasteiger partial charge in [0.2, 0.25) is 5.91 Å². The first kappa shape index (κ1) is 23.6. The molecule has 0 spiro atoms. The van der Waals surface area contributed by atoms with Crippen molar-refractivity contribution in [3.8, 4) is 0 Å². The zero-order valence-electron chi connectivity index (χ0n) is 17.7. The number of halogens is 2. The van der Waals surface area contributed by atoms with Crippen LogP contribution in [0.5, 0.6) is 0 Å². The predicted molar refractivity (Wildman–Crippen MR) is 128 cm³/mol. The number of nitrogens with one attached hydrogen (secondary N) is 1. The van der Waals surface area contributed by atoms with Gasteiger partial charge in [0.25, 0.3) is 0 Å². The molecule has 1 fully saturated rings. The molecule has 7 nitrogen and oxygen atoms in total. The Labute approximate surface area is 201 Å². The van der Waals surface area contributed by atoms with Gasteiger partial charge in [0.1, 0.15) is 5.03 Å². The van der Waals surface area contributed by atoms with E-state index in [0.717, 1.165) is 69.8 Å². The molecule has 1 aliphatic heterocycles. The molecule has 2 heterocycles. The van der Waals surface area contributed by atoms with Crippen LogP contribution >= 0.6 is 35.0 Å². The van der Waals surface area contributed by atoms with Crippen LogP contribution in [0.25, 0.3) is 0 Å². The maximum atomic E-state index is 12.8. The van der Waals surface area contributed by atoms with E-state index in [1.54, 1.807) is 18.2 Å². The standard InChI is InChI=1S/C22H26Cl2N4O3S/c23-15-5-6-17(24)18(13-15)25-20(29)14-32-21-16-3-1-4-19(16)28(22(30)26-21)8-2-7-27-9-11-31-12-10-27/h5-6,13H,1-4,7-12,14H2,(H,25,29). The van der Waals surface area contributed by atoms with Gasteiger partial charge in [-0.1, -0.05) is 35.0 Å². The fourth-order valence-corrected chi connectivity index (χ4v) is 5.34. The second kappa shape index (κ2) is 11.0. The third-order valence-corrected chi connectivity index (χ3v) is 7.29. The molecule has 1 aromatic carbocycles. The van der Waals surface area contributed by atoms with E-state index < -0.39 is 0 Å². The zero-order valence-corrected chi connectivity index (χ0v) is 20.1. The number of aromatic nitrogens is 2. The third kappa shape index (κ3) is 5.85. The van der Waals surface area contributed by atoms with E-state index in [1.807, 2.05) is 4.57 Å². The highest BCUT2D eigenvalue weighted by Crippen LogP contribution is 2.30. The maximum absolute atomic E-state index is 12.8. The summed E-state index contributed by atoms with van der Waals surface area (Å²) in [6.45, 7) is 5.07. The highest BCUT2D eigenvalue weighted by Gasteiger charge is 2.23. The Kier molecular flexibility index (Phi) is 8.12. The summed E-state index contributed by atoms with van der Waals surface area (Å²) >= 11 is 13.4. The van der Waals surface area contributed by atoms with Crippen LogP contribution in [0, 0.1) is 0 Å². The number of fused-ring (bicyclic) bond motifs is 1. The molecule has 2 aromatic rings. The van der Waals surface area contributed by atoms with Gasteiger partial charge in [0.05, 0.1) is 29.7 Å². The van der Waals surface area contributed by atoms with Crippen molar-refractivity contribution in [2.24, 2.45) is 0 Å². The van der Waals surface area contributed by atoms with Gasteiger partial charge < -0.3 is 10.1 Å². The Bertz CT molecular complexity index is 1040. The van der Waals surface area contributed by atoms with Crippen molar-refractivity contribution < 1.29 is 9.53 Å². The Morgan fingerprint density at radius 3 is 2.81 bits per heavy atom. The predicted octanol–water partition coefficient (Wildman–Crippen LogP) is 3.49. The van der Waals surface area contributed by atoms with Gasteiger partial charge in [-0.2, -0.15) is 4.98 Å². The molecular weight excluding hydrogens is 471 g/mol. The minimum atomic E-state index is -0.228. The van der Waals surface area contributed by atoms with Crippen molar-refractivity contribution in [1.29, 1.82) is 0 Å². The number of benzene rings is 1. The van der Waals surface area contributed by atoms with Gasteiger partial charge in [-0.3, -0.25) is 14.3 Å². The van der Waals surface area contributed by atoms with Crippen LogP contribution in [0.3, 0.4) is 0 Å². The van der Waals surface area contributed by atoms with E-state index in [2.05, 4.69) is 15.2 Å². The smallest absolute Gasteiger partial charge is 0.348 e. The fraction of sp³-hybridized carbons (Fsp3) is 0.500. The topological polar surface area (TPSA) is 76.5 Å². The number of morpholine rings is 1. The molecule has 1 N–H and O–H groups in total. The number of nitrogens with zero attached hydrogens (tertiary/aromatic N) is 3. The summed E-state index contributed by atoms with van der Waals surface area (Å²) in [5, 5.41) is 4.36. The minimum absolute atomic E-state index is 0.142. The molecule has 1 aromatic heterocycles. The molecule has 32 heavy (non-hydrogen) atoms. The summed E-state index contributed by atoms with van der Waals surface area (Å²) in [5.41, 5.74) is 2.43. The SMILES string of the molecule is O=C(CSc1nc(=O)n(CCCN2CCOCC2)c2c1CCC2)Nc1cc(Cl)ccc1Cl. The second-order valence-electron chi connectivity index (χ2n) is 7.90. The summed E-state index contributed by atoms with van der Waals surface area (Å²) < 4.78 is 7.22. The fourth-order valence-electron chi connectivity index (χ4n) is 4.13. The van der Waals surface area contributed by atoms with E-state index in [-0.39, 0.29) is 17.3 Å². The summed E-state index contributed by atoms with van der Waals surface area (Å²) in [5.74, 6) is -0.0784. The number of hydrogen-bond donors (Lipinski definition) is 1.